The van der Waals surface area contributed by atoms with Gasteiger partial charge in [-0.1, -0.05) is 109 Å². The predicted molar refractivity (Wildman–Crippen MR) is 166 cm³/mol. The molecule has 0 saturated carbocycles. The molecular formula is C35H37N3O5. The number of carboxylic acids is 1. The molecule has 0 fully saturated rings. The molecule has 0 aliphatic heterocycles. The predicted octanol–water partition coefficient (Wildman–Crippen LogP) is 4.90. The second-order valence-corrected chi connectivity index (χ2v) is 10.2. The van der Waals surface area contributed by atoms with Crippen LogP contribution in [-0.4, -0.2) is 53.6 Å². The lowest BCUT2D eigenvalue weighted by atomic mass is 10.0. The number of ether oxygens (including phenoxy) is 1. The van der Waals surface area contributed by atoms with Crippen LogP contribution in [0.3, 0.4) is 0 Å². The highest BCUT2D eigenvalue weighted by Crippen LogP contribution is 2.19. The largest absolute Gasteiger partial charge is 0.480 e. The molecule has 0 spiro atoms. The second kappa shape index (κ2) is 15.9. The third kappa shape index (κ3) is 9.28. The Bertz CT molecular complexity index is 1440. The molecule has 0 bridgehead atoms. The third-order valence-corrected chi connectivity index (χ3v) is 7.13. The fraction of sp³-hybridized carbons (Fsp3) is 0.229. The van der Waals surface area contributed by atoms with Gasteiger partial charge in [0.1, 0.15) is 12.6 Å². The van der Waals surface area contributed by atoms with Gasteiger partial charge in [-0.15, -0.1) is 0 Å². The summed E-state index contributed by atoms with van der Waals surface area (Å²) in [4.78, 5) is 39.7. The summed E-state index contributed by atoms with van der Waals surface area (Å²) in [6, 6.07) is 35.5. The van der Waals surface area contributed by atoms with Gasteiger partial charge >= 0.3 is 11.9 Å². The highest BCUT2D eigenvalue weighted by molar-refractivity contribution is 5.87. The monoisotopic (exact) mass is 579 g/mol. The first kappa shape index (κ1) is 31.0. The van der Waals surface area contributed by atoms with E-state index < -0.39 is 29.9 Å². The van der Waals surface area contributed by atoms with E-state index in [0.29, 0.717) is 18.5 Å². The number of carbonyl (C=O) groups is 3. The Labute approximate surface area is 252 Å². The lowest BCUT2D eigenvalue weighted by Gasteiger charge is -2.38. The molecule has 0 aromatic heterocycles. The number of benzene rings is 4. The summed E-state index contributed by atoms with van der Waals surface area (Å²) in [5.74, 6) is -2.10. The number of hydrazine groups is 1. The Kier molecular flexibility index (Phi) is 11.5. The van der Waals surface area contributed by atoms with Crippen molar-refractivity contribution in [3.63, 3.8) is 0 Å². The van der Waals surface area contributed by atoms with Crippen LogP contribution in [0, 0.1) is 0 Å². The summed E-state index contributed by atoms with van der Waals surface area (Å²) in [6.45, 7) is -0.159. The van der Waals surface area contributed by atoms with E-state index in [0.717, 1.165) is 16.7 Å². The number of carbonyl (C=O) groups excluding carboxylic acids is 2. The minimum Gasteiger partial charge on any atom is -0.480 e. The van der Waals surface area contributed by atoms with Crippen LogP contribution in [0.5, 0.6) is 0 Å². The summed E-state index contributed by atoms with van der Waals surface area (Å²) in [5.41, 5.74) is 3.34. The first-order valence-corrected chi connectivity index (χ1v) is 14.3. The van der Waals surface area contributed by atoms with Crippen molar-refractivity contribution in [3.8, 4) is 0 Å². The molecular weight excluding hydrogens is 542 g/mol. The topological polar surface area (TPSA) is 99.2 Å². The third-order valence-electron chi connectivity index (χ3n) is 7.13. The molecule has 2 unspecified atom stereocenters. The molecule has 4 aromatic rings. The fourth-order valence-electron chi connectivity index (χ4n) is 4.81. The van der Waals surface area contributed by atoms with E-state index in [1.807, 2.05) is 109 Å². The second-order valence-electron chi connectivity index (χ2n) is 10.2. The first-order chi connectivity index (χ1) is 20.9. The summed E-state index contributed by atoms with van der Waals surface area (Å²) >= 11 is 0. The number of hydrogen-bond acceptors (Lipinski definition) is 6. The zero-order valence-corrected chi connectivity index (χ0v) is 24.2. The van der Waals surface area contributed by atoms with E-state index in [1.165, 1.54) is 5.01 Å². The van der Waals surface area contributed by atoms with Gasteiger partial charge in [0.15, 0.2) is 6.04 Å². The van der Waals surface area contributed by atoms with Gasteiger partial charge < -0.3 is 9.84 Å². The number of carboxylic acid groups (broad SMARTS) is 1. The SMILES string of the molecule is CN(c1ccccc1)N(C(=O)CNC(CCc1ccccc1)C(=O)OCc1ccccc1)C(Cc1ccccc1)C(=O)O. The Morgan fingerprint density at radius 3 is 1.81 bits per heavy atom. The molecule has 222 valence electrons. The lowest BCUT2D eigenvalue weighted by Crippen LogP contribution is -2.57. The first-order valence-electron chi connectivity index (χ1n) is 14.3. The summed E-state index contributed by atoms with van der Waals surface area (Å²) in [6.07, 6.45) is 1.09. The molecule has 2 N–H and O–H groups in total. The van der Waals surface area contributed by atoms with Crippen molar-refractivity contribution in [1.82, 2.24) is 10.3 Å². The van der Waals surface area contributed by atoms with E-state index >= 15 is 0 Å². The Morgan fingerprint density at radius 2 is 1.26 bits per heavy atom. The van der Waals surface area contributed by atoms with Crippen molar-refractivity contribution < 1.29 is 24.2 Å². The van der Waals surface area contributed by atoms with Gasteiger partial charge in [0.05, 0.1) is 12.2 Å². The van der Waals surface area contributed by atoms with Gasteiger partial charge in [-0.2, -0.15) is 0 Å². The number of rotatable bonds is 15. The standard InChI is InChI=1S/C35H37N3O5/c1-37(30-20-12-5-13-21-30)38(32(34(40)41)24-28-16-8-3-9-17-28)33(39)25-36-31(23-22-27-14-6-2-7-15-27)35(42)43-26-29-18-10-4-11-19-29/h2-21,31-32,36H,22-26H2,1H3,(H,40,41). The molecule has 0 radical (unpaired) electrons. The molecule has 4 rings (SSSR count). The van der Waals surface area contributed by atoms with Crippen molar-refractivity contribution in [2.75, 3.05) is 18.6 Å². The molecule has 8 heteroatoms. The zero-order valence-electron chi connectivity index (χ0n) is 24.2. The number of hydrogen-bond donors (Lipinski definition) is 2. The molecule has 0 heterocycles. The number of nitrogens with zero attached hydrogens (tertiary/aromatic N) is 2. The van der Waals surface area contributed by atoms with Crippen LogP contribution in [0.2, 0.25) is 0 Å². The van der Waals surface area contributed by atoms with Crippen molar-refractivity contribution in [3.05, 3.63) is 138 Å². The number of anilines is 1. The normalized spacial score (nSPS) is 12.1. The lowest BCUT2D eigenvalue weighted by molar-refractivity contribution is -0.151. The van der Waals surface area contributed by atoms with Gasteiger partial charge in [-0.05, 0) is 41.7 Å². The van der Waals surface area contributed by atoms with Crippen LogP contribution in [-0.2, 0) is 38.6 Å². The maximum absolute atomic E-state index is 13.9. The zero-order chi connectivity index (χ0) is 30.4. The molecule has 0 saturated heterocycles. The number of nitrogens with one attached hydrogen (secondary N) is 1. The van der Waals surface area contributed by atoms with Crippen molar-refractivity contribution in [2.45, 2.75) is 38.0 Å². The molecule has 4 aromatic carbocycles. The maximum atomic E-state index is 13.9. The van der Waals surface area contributed by atoms with Gasteiger partial charge in [0, 0.05) is 13.5 Å². The number of aliphatic carboxylic acids is 1. The average molecular weight is 580 g/mol. The quantitative estimate of drug-likeness (QED) is 0.153. The highest BCUT2D eigenvalue weighted by atomic mass is 16.5. The van der Waals surface area contributed by atoms with Crippen LogP contribution >= 0.6 is 0 Å². The minimum atomic E-state index is -1.19. The molecule has 2 atom stereocenters. The molecule has 43 heavy (non-hydrogen) atoms. The average Bonchev–Trinajstić information content (AvgIpc) is 3.05. The smallest absolute Gasteiger partial charge is 0.328 e. The Balaban J connectivity index is 1.53. The molecule has 8 nitrogen and oxygen atoms in total. The summed E-state index contributed by atoms with van der Waals surface area (Å²) in [7, 11) is 1.66. The van der Waals surface area contributed by atoms with Gasteiger partial charge in [-0.3, -0.25) is 19.9 Å². The number of esters is 1. The van der Waals surface area contributed by atoms with Crippen LogP contribution in [0.15, 0.2) is 121 Å². The van der Waals surface area contributed by atoms with E-state index in [9.17, 15) is 19.5 Å². The summed E-state index contributed by atoms with van der Waals surface area (Å²) < 4.78 is 5.62. The Morgan fingerprint density at radius 1 is 0.744 bits per heavy atom. The number of amides is 1. The van der Waals surface area contributed by atoms with Gasteiger partial charge in [0.25, 0.3) is 5.91 Å². The molecule has 0 aliphatic rings. The summed E-state index contributed by atoms with van der Waals surface area (Å²) in [5, 5.41) is 16.2. The number of para-hydroxylation sites is 1. The van der Waals surface area contributed by atoms with Gasteiger partial charge in [-0.25, -0.2) is 9.80 Å². The van der Waals surface area contributed by atoms with E-state index in [1.54, 1.807) is 24.2 Å². The Hall–Kier alpha value is -4.95. The maximum Gasteiger partial charge on any atom is 0.328 e. The molecule has 0 aliphatic carbocycles. The van der Waals surface area contributed by atoms with Crippen molar-refractivity contribution in [1.29, 1.82) is 0 Å². The minimum absolute atomic E-state index is 0.107. The van der Waals surface area contributed by atoms with Crippen LogP contribution in [0.4, 0.5) is 5.69 Å². The van der Waals surface area contributed by atoms with Crippen LogP contribution in [0.1, 0.15) is 23.1 Å². The number of aryl methyl sites for hydroxylation is 1. The van der Waals surface area contributed by atoms with Crippen molar-refractivity contribution in [2.24, 2.45) is 0 Å². The van der Waals surface area contributed by atoms with E-state index in [-0.39, 0.29) is 19.6 Å². The van der Waals surface area contributed by atoms with E-state index in [4.69, 9.17) is 4.74 Å². The van der Waals surface area contributed by atoms with E-state index in [2.05, 4.69) is 5.32 Å². The molecule has 1 amide bonds. The van der Waals surface area contributed by atoms with Crippen LogP contribution in [0.25, 0.3) is 0 Å². The fourth-order valence-corrected chi connectivity index (χ4v) is 4.81. The highest BCUT2D eigenvalue weighted by Gasteiger charge is 2.34. The van der Waals surface area contributed by atoms with Gasteiger partial charge in [0.2, 0.25) is 0 Å². The van der Waals surface area contributed by atoms with Crippen LogP contribution < -0.4 is 10.3 Å². The van der Waals surface area contributed by atoms with Crippen molar-refractivity contribution >= 4 is 23.5 Å².